The Labute approximate surface area is 213 Å². The van der Waals surface area contributed by atoms with E-state index in [9.17, 15) is 54.9 Å². The Bertz CT molecular complexity index is 1180. The highest BCUT2D eigenvalue weighted by atomic mass is 33.1. The molecule has 0 saturated carbocycles. The lowest BCUT2D eigenvalue weighted by Crippen LogP contribution is -2.45. The predicted octanol–water partition coefficient (Wildman–Crippen LogP) is 7.28. The first-order chi connectivity index (χ1) is 17.8. The molecule has 0 aromatic heterocycles. The van der Waals surface area contributed by atoms with E-state index < -0.39 is 106 Å². The van der Waals surface area contributed by atoms with Gasteiger partial charge < -0.3 is 10.2 Å². The lowest BCUT2D eigenvalue weighted by atomic mass is 9.75. The molecule has 206 valence electrons. The summed E-state index contributed by atoms with van der Waals surface area (Å²) >= 11 is 0. The molecule has 0 fully saturated rings. The van der Waals surface area contributed by atoms with Gasteiger partial charge in [-0.1, -0.05) is 31.8 Å². The van der Waals surface area contributed by atoms with Crippen LogP contribution in [-0.2, 0) is 9.59 Å². The summed E-state index contributed by atoms with van der Waals surface area (Å²) in [6.45, 7) is 0. The molecule has 2 rings (SSSR count). The summed E-state index contributed by atoms with van der Waals surface area (Å²) in [5.41, 5.74) is 6.36. The molecule has 2 N–H and O–H groups in total. The Hall–Kier alpha value is -3.34. The van der Waals surface area contributed by atoms with Crippen LogP contribution in [0, 0.1) is 10.8 Å². The summed E-state index contributed by atoms with van der Waals surface area (Å²) in [6.07, 6.45) is -8.83. The lowest BCUT2D eigenvalue weighted by Gasteiger charge is -2.34. The summed E-state index contributed by atoms with van der Waals surface area (Å²) in [5.74, 6) is -19.1. The molecule has 2 aliphatic rings. The van der Waals surface area contributed by atoms with Gasteiger partial charge in [-0.25, -0.2) is 35.1 Å². The number of aliphatic carboxylic acids is 2. The Kier molecular flexibility index (Phi) is 9.77. The van der Waals surface area contributed by atoms with E-state index in [1.807, 2.05) is 9.82 Å². The number of rotatable bonds is 11. The van der Waals surface area contributed by atoms with Crippen molar-refractivity contribution in [3.8, 4) is 0 Å². The highest BCUT2D eigenvalue weighted by molar-refractivity contribution is 8.76. The summed E-state index contributed by atoms with van der Waals surface area (Å²) < 4.78 is 115. The van der Waals surface area contributed by atoms with Crippen LogP contribution in [0.15, 0.2) is 56.6 Å². The molecule has 0 radical (unpaired) electrons. The summed E-state index contributed by atoms with van der Waals surface area (Å²) in [6, 6.07) is 0. The van der Waals surface area contributed by atoms with Gasteiger partial charge in [0.05, 0.1) is 0 Å². The maximum absolute atomic E-state index is 14.6. The van der Waals surface area contributed by atoms with Crippen molar-refractivity contribution >= 4 is 33.5 Å². The first-order valence-electron chi connectivity index (χ1n) is 9.78. The topological polar surface area (TPSA) is 172 Å². The van der Waals surface area contributed by atoms with Gasteiger partial charge in [-0.15, -0.1) is 0 Å². The van der Waals surface area contributed by atoms with Crippen molar-refractivity contribution in [1.82, 2.24) is 0 Å². The molecule has 0 aromatic carbocycles. The van der Waals surface area contributed by atoms with Gasteiger partial charge in [0.2, 0.25) is 0 Å². The van der Waals surface area contributed by atoms with E-state index in [4.69, 9.17) is 11.1 Å². The van der Waals surface area contributed by atoms with Crippen molar-refractivity contribution in [1.29, 1.82) is 0 Å². The molecule has 0 aromatic rings. The molecule has 38 heavy (non-hydrogen) atoms. The number of alkyl halides is 2. The zero-order chi connectivity index (χ0) is 29.0. The molecule has 0 heterocycles. The SMILES string of the molecule is [N-]=[N+]=NC1=C(F)C(F)C(CCSSCCC2(C(=O)O)C(F)=C(F)C(N=[N+]=[N-])=C(F)C2F)(C(=O)O)C(F)=C1F. The third-order valence-corrected chi connectivity index (χ3v) is 8.05. The third kappa shape index (κ3) is 4.91. The van der Waals surface area contributed by atoms with Crippen LogP contribution in [0.2, 0.25) is 0 Å². The smallest absolute Gasteiger partial charge is 0.320 e. The Morgan fingerprint density at radius 2 is 1.08 bits per heavy atom. The van der Waals surface area contributed by atoms with Gasteiger partial charge in [-0.2, -0.15) is 0 Å². The van der Waals surface area contributed by atoms with Gasteiger partial charge in [-0.05, 0) is 23.9 Å². The first-order valence-corrected chi connectivity index (χ1v) is 12.3. The summed E-state index contributed by atoms with van der Waals surface area (Å²) in [7, 11) is 1.05. The second kappa shape index (κ2) is 12.0. The zero-order valence-electron chi connectivity index (χ0n) is 18.2. The van der Waals surface area contributed by atoms with E-state index >= 15 is 0 Å². The fourth-order valence-electron chi connectivity index (χ4n) is 3.59. The van der Waals surface area contributed by atoms with Crippen LogP contribution < -0.4 is 0 Å². The van der Waals surface area contributed by atoms with Crippen LogP contribution in [0.5, 0.6) is 0 Å². The second-order valence-corrected chi connectivity index (χ2v) is 10.2. The van der Waals surface area contributed by atoms with E-state index in [0.29, 0.717) is 21.6 Å². The Balaban J connectivity index is 2.18. The molecule has 4 unspecified atom stereocenters. The Morgan fingerprint density at radius 1 is 0.763 bits per heavy atom. The van der Waals surface area contributed by atoms with Crippen molar-refractivity contribution < 1.29 is 54.9 Å². The molecule has 20 heteroatoms. The van der Waals surface area contributed by atoms with E-state index in [2.05, 4.69) is 10.2 Å². The van der Waals surface area contributed by atoms with Crippen LogP contribution in [0.1, 0.15) is 12.8 Å². The number of carboxylic acid groups (broad SMARTS) is 2. The maximum Gasteiger partial charge on any atom is 0.320 e. The van der Waals surface area contributed by atoms with Gasteiger partial charge in [0, 0.05) is 21.3 Å². The third-order valence-electron chi connectivity index (χ3n) is 5.64. The van der Waals surface area contributed by atoms with Crippen LogP contribution in [0.4, 0.5) is 35.1 Å². The molecule has 10 nitrogen and oxygen atoms in total. The minimum Gasteiger partial charge on any atom is -0.480 e. The summed E-state index contributed by atoms with van der Waals surface area (Å²) in [4.78, 5) is 27.3. The molecule has 0 aliphatic heterocycles. The molecule has 0 spiro atoms. The number of nitrogens with zero attached hydrogens (tertiary/aromatic N) is 6. The molecule has 2 aliphatic carbocycles. The molecule has 0 bridgehead atoms. The number of carbonyl (C=O) groups is 2. The van der Waals surface area contributed by atoms with E-state index in [1.54, 1.807) is 0 Å². The van der Waals surface area contributed by atoms with E-state index in [-0.39, 0.29) is 0 Å². The maximum atomic E-state index is 14.6. The standard InChI is InChI=1S/C18H12F8N6O4S2/c19-5-9(29-31-27)6(20)12(24)17(11(5)23,15(33)34)1-3-37-38-4-2-18(16(35)36)13(25)7(21)10(30-32-28)8(22)14(18)26/h11,13H,1-4H2,(H,33,34)(H,35,36). The van der Waals surface area contributed by atoms with Crippen molar-refractivity contribution in [2.45, 2.75) is 25.2 Å². The highest BCUT2D eigenvalue weighted by Gasteiger charge is 2.59. The van der Waals surface area contributed by atoms with Gasteiger partial charge in [0.1, 0.15) is 23.0 Å². The van der Waals surface area contributed by atoms with Gasteiger partial charge in [-0.3, -0.25) is 9.59 Å². The van der Waals surface area contributed by atoms with Gasteiger partial charge in [0.15, 0.2) is 46.5 Å². The average molecular weight is 592 g/mol. The normalized spacial score (nSPS) is 27.8. The van der Waals surface area contributed by atoms with Crippen molar-refractivity contribution in [2.75, 3.05) is 11.5 Å². The number of azide groups is 2. The fourth-order valence-corrected chi connectivity index (χ4v) is 5.85. The molecule has 4 atom stereocenters. The van der Waals surface area contributed by atoms with Crippen LogP contribution >= 0.6 is 21.6 Å². The van der Waals surface area contributed by atoms with Crippen molar-refractivity contribution in [2.24, 2.45) is 21.1 Å². The highest BCUT2D eigenvalue weighted by Crippen LogP contribution is 2.52. The quantitative estimate of drug-likeness (QED) is 0.0637. The van der Waals surface area contributed by atoms with Crippen molar-refractivity contribution in [3.05, 3.63) is 67.2 Å². The first kappa shape index (κ1) is 30.9. The second-order valence-electron chi connectivity index (χ2n) is 7.45. The molecule has 0 saturated heterocycles. The van der Waals surface area contributed by atoms with Gasteiger partial charge >= 0.3 is 11.9 Å². The average Bonchev–Trinajstić information content (AvgIpc) is 2.87. The predicted molar refractivity (Wildman–Crippen MR) is 117 cm³/mol. The fraction of sp³-hybridized carbons (Fsp3) is 0.444. The molecular formula is C18H12F8N6O4S2. The number of hydrogen-bond acceptors (Lipinski definition) is 6. The van der Waals surface area contributed by atoms with Crippen LogP contribution in [0.3, 0.4) is 0 Å². The number of hydrogen-bond donors (Lipinski definition) is 2. The molecular weight excluding hydrogens is 580 g/mol. The monoisotopic (exact) mass is 592 g/mol. The largest absolute Gasteiger partial charge is 0.480 e. The Morgan fingerprint density at radius 3 is 1.34 bits per heavy atom. The lowest BCUT2D eigenvalue weighted by molar-refractivity contribution is -0.152. The minimum atomic E-state index is -3.41. The van der Waals surface area contributed by atoms with Crippen LogP contribution in [-0.4, -0.2) is 46.0 Å². The number of halogens is 8. The number of allylic oxidation sites excluding steroid dienone is 4. The van der Waals surface area contributed by atoms with Crippen molar-refractivity contribution in [3.63, 3.8) is 0 Å². The van der Waals surface area contributed by atoms with Gasteiger partial charge in [0.25, 0.3) is 0 Å². The number of carboxylic acids is 2. The van der Waals surface area contributed by atoms with E-state index in [0.717, 1.165) is 0 Å². The zero-order valence-corrected chi connectivity index (χ0v) is 19.9. The minimum absolute atomic E-state index is 0.527. The summed E-state index contributed by atoms with van der Waals surface area (Å²) in [5, 5.41) is 23.7. The molecule has 0 amide bonds. The van der Waals surface area contributed by atoms with E-state index in [1.165, 1.54) is 0 Å². The van der Waals surface area contributed by atoms with Crippen LogP contribution in [0.25, 0.3) is 20.9 Å².